The van der Waals surface area contributed by atoms with E-state index < -0.39 is 0 Å². The smallest absolute Gasteiger partial charge is 0.0413 e. The molecule has 112 valence electrons. The van der Waals surface area contributed by atoms with E-state index >= 15 is 0 Å². The summed E-state index contributed by atoms with van der Waals surface area (Å²) in [7, 11) is 0. The summed E-state index contributed by atoms with van der Waals surface area (Å²) in [6, 6.07) is 6.27. The van der Waals surface area contributed by atoms with Crippen molar-refractivity contribution in [2.24, 2.45) is 0 Å². The molecule has 1 aliphatic heterocycles. The zero-order valence-electron chi connectivity index (χ0n) is 12.7. The monoisotopic (exact) mass is 295 g/mol. The molecule has 1 aromatic rings. The average molecular weight is 296 g/mol. The Bertz CT molecular complexity index is 414. The van der Waals surface area contributed by atoms with Gasteiger partial charge in [0.05, 0.1) is 0 Å². The lowest BCUT2D eigenvalue weighted by atomic mass is 10.1. The van der Waals surface area contributed by atoms with Crippen LogP contribution in [0.2, 0.25) is 5.02 Å². The molecule has 1 fully saturated rings. The Labute approximate surface area is 127 Å². The molecule has 2 rings (SSSR count). The number of hydrogen-bond donors (Lipinski definition) is 1. The Kier molecular flexibility index (Phi) is 6.14. The van der Waals surface area contributed by atoms with Crippen LogP contribution in [0.3, 0.4) is 0 Å². The second-order valence-electron chi connectivity index (χ2n) is 5.38. The molecule has 0 bridgehead atoms. The molecule has 1 heterocycles. The predicted molar refractivity (Wildman–Crippen MR) is 87.8 cm³/mol. The molecule has 3 nitrogen and oxygen atoms in total. The van der Waals surface area contributed by atoms with Crippen LogP contribution in [0.5, 0.6) is 0 Å². The largest absolute Gasteiger partial charge is 0.369 e. The summed E-state index contributed by atoms with van der Waals surface area (Å²) in [4.78, 5) is 5.05. The third-order valence-electron chi connectivity index (χ3n) is 3.86. The molecule has 0 aromatic heterocycles. The topological polar surface area (TPSA) is 18.5 Å². The highest BCUT2D eigenvalue weighted by atomic mass is 35.5. The molecule has 1 N–H and O–H groups in total. The lowest BCUT2D eigenvalue weighted by Gasteiger charge is -2.37. The first kappa shape index (κ1) is 15.6. The highest BCUT2D eigenvalue weighted by Crippen LogP contribution is 2.25. The minimum atomic E-state index is 0.825. The van der Waals surface area contributed by atoms with E-state index in [0.717, 1.165) is 44.3 Å². The molecule has 4 heteroatoms. The molecule has 0 radical (unpaired) electrons. The number of anilines is 1. The van der Waals surface area contributed by atoms with Gasteiger partial charge in [0, 0.05) is 43.4 Å². The molecule has 0 atom stereocenters. The number of benzene rings is 1. The standard InChI is InChI=1S/C16H26ClN3/c1-3-7-19-8-10-20(11-9-19)16-6-5-15(17)12-14(16)13-18-4-2/h5-6,12,18H,3-4,7-11,13H2,1-2H3. The van der Waals surface area contributed by atoms with Gasteiger partial charge in [0.2, 0.25) is 0 Å². The minimum absolute atomic E-state index is 0.825. The molecule has 1 aromatic carbocycles. The Morgan fingerprint density at radius 1 is 1.15 bits per heavy atom. The van der Waals surface area contributed by atoms with E-state index in [4.69, 9.17) is 11.6 Å². The number of rotatable bonds is 6. The summed E-state index contributed by atoms with van der Waals surface area (Å²) >= 11 is 6.14. The molecule has 0 spiro atoms. The summed E-state index contributed by atoms with van der Waals surface area (Å²) in [6.07, 6.45) is 1.24. The third-order valence-corrected chi connectivity index (χ3v) is 4.09. The second kappa shape index (κ2) is 7.87. The number of halogens is 1. The number of piperazine rings is 1. The summed E-state index contributed by atoms with van der Waals surface area (Å²) in [5, 5.41) is 4.23. The Morgan fingerprint density at radius 2 is 1.90 bits per heavy atom. The SMILES string of the molecule is CCCN1CCN(c2ccc(Cl)cc2CNCC)CC1. The minimum Gasteiger partial charge on any atom is -0.369 e. The molecule has 0 unspecified atom stereocenters. The van der Waals surface area contributed by atoms with Crippen LogP contribution in [0.15, 0.2) is 18.2 Å². The maximum Gasteiger partial charge on any atom is 0.0413 e. The zero-order chi connectivity index (χ0) is 14.4. The number of nitrogens with zero attached hydrogens (tertiary/aromatic N) is 2. The predicted octanol–water partition coefficient (Wildman–Crippen LogP) is 2.98. The van der Waals surface area contributed by atoms with E-state index in [9.17, 15) is 0 Å². The fourth-order valence-electron chi connectivity index (χ4n) is 2.79. The van der Waals surface area contributed by atoms with E-state index in [1.165, 1.54) is 24.2 Å². The first-order valence-electron chi connectivity index (χ1n) is 7.71. The van der Waals surface area contributed by atoms with Crippen molar-refractivity contribution >= 4 is 17.3 Å². The van der Waals surface area contributed by atoms with Crippen molar-refractivity contribution in [3.05, 3.63) is 28.8 Å². The van der Waals surface area contributed by atoms with Gasteiger partial charge < -0.3 is 10.2 Å². The van der Waals surface area contributed by atoms with Crippen LogP contribution in [0.4, 0.5) is 5.69 Å². The highest BCUT2D eigenvalue weighted by molar-refractivity contribution is 6.30. The highest BCUT2D eigenvalue weighted by Gasteiger charge is 2.18. The van der Waals surface area contributed by atoms with Gasteiger partial charge in [-0.2, -0.15) is 0 Å². The fourth-order valence-corrected chi connectivity index (χ4v) is 2.99. The quantitative estimate of drug-likeness (QED) is 0.870. The van der Waals surface area contributed by atoms with Gasteiger partial charge in [0.25, 0.3) is 0 Å². The fraction of sp³-hybridized carbons (Fsp3) is 0.625. The van der Waals surface area contributed by atoms with Gasteiger partial charge in [-0.25, -0.2) is 0 Å². The van der Waals surface area contributed by atoms with Gasteiger partial charge in [-0.15, -0.1) is 0 Å². The van der Waals surface area contributed by atoms with Crippen molar-refractivity contribution < 1.29 is 0 Å². The Hall–Kier alpha value is -0.770. The normalized spacial score (nSPS) is 16.6. The molecular weight excluding hydrogens is 270 g/mol. The van der Waals surface area contributed by atoms with E-state index in [0.29, 0.717) is 0 Å². The van der Waals surface area contributed by atoms with Gasteiger partial charge in [0.1, 0.15) is 0 Å². The van der Waals surface area contributed by atoms with E-state index in [-0.39, 0.29) is 0 Å². The van der Waals surface area contributed by atoms with Crippen LogP contribution in [0.25, 0.3) is 0 Å². The maximum absolute atomic E-state index is 6.14. The summed E-state index contributed by atoms with van der Waals surface area (Å²) in [5.41, 5.74) is 2.65. The molecule has 0 aliphatic carbocycles. The lowest BCUT2D eigenvalue weighted by Crippen LogP contribution is -2.46. The van der Waals surface area contributed by atoms with Crippen LogP contribution in [0.1, 0.15) is 25.8 Å². The molecule has 20 heavy (non-hydrogen) atoms. The lowest BCUT2D eigenvalue weighted by molar-refractivity contribution is 0.258. The van der Waals surface area contributed by atoms with Crippen LogP contribution in [-0.2, 0) is 6.54 Å². The van der Waals surface area contributed by atoms with Crippen molar-refractivity contribution in [2.75, 3.05) is 44.2 Å². The summed E-state index contributed by atoms with van der Waals surface area (Å²) in [5.74, 6) is 0. The van der Waals surface area contributed by atoms with Crippen molar-refractivity contribution in [3.8, 4) is 0 Å². The first-order chi connectivity index (χ1) is 9.74. The zero-order valence-corrected chi connectivity index (χ0v) is 13.4. The van der Waals surface area contributed by atoms with Crippen molar-refractivity contribution in [1.82, 2.24) is 10.2 Å². The van der Waals surface area contributed by atoms with Crippen molar-refractivity contribution in [1.29, 1.82) is 0 Å². The molecular formula is C16H26ClN3. The average Bonchev–Trinajstić information content (AvgIpc) is 2.47. The van der Waals surface area contributed by atoms with Gasteiger partial charge in [-0.1, -0.05) is 25.4 Å². The van der Waals surface area contributed by atoms with E-state index in [1.54, 1.807) is 0 Å². The Balaban J connectivity index is 2.04. The second-order valence-corrected chi connectivity index (χ2v) is 5.82. The number of nitrogens with one attached hydrogen (secondary N) is 1. The van der Waals surface area contributed by atoms with Crippen LogP contribution < -0.4 is 10.2 Å². The first-order valence-corrected chi connectivity index (χ1v) is 8.08. The van der Waals surface area contributed by atoms with Crippen molar-refractivity contribution in [2.45, 2.75) is 26.8 Å². The summed E-state index contributed by atoms with van der Waals surface area (Å²) in [6.45, 7) is 12.0. The van der Waals surface area contributed by atoms with Gasteiger partial charge in [-0.3, -0.25) is 4.90 Å². The van der Waals surface area contributed by atoms with Gasteiger partial charge in [0.15, 0.2) is 0 Å². The van der Waals surface area contributed by atoms with Gasteiger partial charge in [-0.05, 0) is 43.3 Å². The van der Waals surface area contributed by atoms with Crippen LogP contribution >= 0.6 is 11.6 Å². The Morgan fingerprint density at radius 3 is 2.55 bits per heavy atom. The number of hydrogen-bond acceptors (Lipinski definition) is 3. The summed E-state index contributed by atoms with van der Waals surface area (Å²) < 4.78 is 0. The van der Waals surface area contributed by atoms with E-state index in [1.807, 2.05) is 6.07 Å². The molecule has 1 saturated heterocycles. The van der Waals surface area contributed by atoms with Crippen LogP contribution in [-0.4, -0.2) is 44.2 Å². The maximum atomic E-state index is 6.14. The van der Waals surface area contributed by atoms with Gasteiger partial charge >= 0.3 is 0 Å². The van der Waals surface area contributed by atoms with Crippen LogP contribution in [0, 0.1) is 0 Å². The molecule has 0 amide bonds. The third kappa shape index (κ3) is 4.11. The van der Waals surface area contributed by atoms with Crippen molar-refractivity contribution in [3.63, 3.8) is 0 Å². The van der Waals surface area contributed by atoms with E-state index in [2.05, 4.69) is 41.1 Å². The molecule has 0 saturated carbocycles. The molecule has 1 aliphatic rings.